The smallest absolute Gasteiger partial charge is 0.325 e. The molecule has 2 aromatic rings. The number of hydrogen-bond acceptors (Lipinski definition) is 4. The molecular weight excluding hydrogens is 432 g/mol. The molecule has 1 saturated heterocycles. The number of carbonyl (C=O) groups is 4. The van der Waals surface area contributed by atoms with Crippen molar-refractivity contribution in [2.75, 3.05) is 25.0 Å². The number of benzene rings is 2. The summed E-state index contributed by atoms with van der Waals surface area (Å²) in [4.78, 5) is 53.3. The van der Waals surface area contributed by atoms with Gasteiger partial charge in [-0.3, -0.25) is 19.3 Å². The van der Waals surface area contributed by atoms with E-state index in [1.807, 2.05) is 38.1 Å². The summed E-state index contributed by atoms with van der Waals surface area (Å²) in [6, 6.07) is 13.5. The molecule has 180 valence electrons. The quantitative estimate of drug-likeness (QED) is 0.555. The van der Waals surface area contributed by atoms with Crippen LogP contribution in [0.3, 0.4) is 0 Å². The van der Waals surface area contributed by atoms with Gasteiger partial charge in [-0.1, -0.05) is 37.6 Å². The van der Waals surface area contributed by atoms with Gasteiger partial charge < -0.3 is 15.5 Å². The number of urea groups is 1. The minimum atomic E-state index is -1.23. The van der Waals surface area contributed by atoms with Gasteiger partial charge in [-0.15, -0.1) is 0 Å². The lowest BCUT2D eigenvalue weighted by Crippen LogP contribution is -2.42. The van der Waals surface area contributed by atoms with E-state index in [2.05, 4.69) is 17.6 Å². The molecule has 0 aliphatic carbocycles. The highest BCUT2D eigenvalue weighted by Gasteiger charge is 2.49. The van der Waals surface area contributed by atoms with Gasteiger partial charge in [0.2, 0.25) is 5.91 Å². The van der Waals surface area contributed by atoms with Crippen molar-refractivity contribution in [1.29, 1.82) is 0 Å². The standard InChI is InChI=1S/C26H32N4O4/c1-5-8-18-9-13-20(14-10-18)26(4)24(33)30(25(34)28-26)17-22(31)27-21-15-11-19(12-16-21)23(32)29(6-2)7-3/h9-16H,5-8,17H2,1-4H3,(H,27,31)(H,28,34)/t26-/m0/s1. The van der Waals surface area contributed by atoms with Gasteiger partial charge in [0.1, 0.15) is 12.1 Å². The van der Waals surface area contributed by atoms with Gasteiger partial charge in [-0.05, 0) is 62.6 Å². The van der Waals surface area contributed by atoms with Crippen molar-refractivity contribution in [3.8, 4) is 0 Å². The highest BCUT2D eigenvalue weighted by Crippen LogP contribution is 2.29. The number of imide groups is 1. The minimum Gasteiger partial charge on any atom is -0.339 e. The summed E-state index contributed by atoms with van der Waals surface area (Å²) in [5.74, 6) is -1.06. The van der Waals surface area contributed by atoms with Gasteiger partial charge in [-0.2, -0.15) is 0 Å². The Balaban J connectivity index is 1.65. The lowest BCUT2D eigenvalue weighted by atomic mass is 9.91. The van der Waals surface area contributed by atoms with Gasteiger partial charge in [-0.25, -0.2) is 4.79 Å². The van der Waals surface area contributed by atoms with E-state index < -0.39 is 29.9 Å². The number of anilines is 1. The highest BCUT2D eigenvalue weighted by atomic mass is 16.2. The molecule has 0 bridgehead atoms. The number of hydrogen-bond donors (Lipinski definition) is 2. The molecule has 0 aromatic heterocycles. The van der Waals surface area contributed by atoms with Crippen LogP contribution in [0.1, 0.15) is 55.6 Å². The fourth-order valence-corrected chi connectivity index (χ4v) is 4.06. The molecule has 5 amide bonds. The van der Waals surface area contributed by atoms with Gasteiger partial charge in [0.25, 0.3) is 11.8 Å². The molecule has 34 heavy (non-hydrogen) atoms. The Morgan fingerprint density at radius 2 is 1.59 bits per heavy atom. The average Bonchev–Trinajstić information content (AvgIpc) is 3.04. The Bertz CT molecular complexity index is 1060. The van der Waals surface area contributed by atoms with Gasteiger partial charge >= 0.3 is 6.03 Å². The highest BCUT2D eigenvalue weighted by molar-refractivity contribution is 6.10. The molecule has 0 spiro atoms. The monoisotopic (exact) mass is 464 g/mol. The van der Waals surface area contributed by atoms with Crippen LogP contribution in [-0.2, 0) is 21.5 Å². The SMILES string of the molecule is CCCc1ccc([C@]2(C)NC(=O)N(CC(=O)Nc3ccc(C(=O)N(CC)CC)cc3)C2=O)cc1. The molecule has 1 aliphatic heterocycles. The predicted molar refractivity (Wildman–Crippen MR) is 130 cm³/mol. The third-order valence-electron chi connectivity index (χ3n) is 6.11. The number of carbonyl (C=O) groups excluding carboxylic acids is 4. The summed E-state index contributed by atoms with van der Waals surface area (Å²) in [6.07, 6.45) is 1.96. The van der Waals surface area contributed by atoms with Crippen LogP contribution in [0.2, 0.25) is 0 Å². The van der Waals surface area contributed by atoms with Crippen molar-refractivity contribution in [2.24, 2.45) is 0 Å². The Kier molecular flexibility index (Phi) is 7.71. The second kappa shape index (κ2) is 10.5. The van der Waals surface area contributed by atoms with E-state index >= 15 is 0 Å². The van der Waals surface area contributed by atoms with Gasteiger partial charge in [0, 0.05) is 24.3 Å². The second-order valence-electron chi connectivity index (χ2n) is 8.50. The zero-order chi connectivity index (χ0) is 24.9. The van der Waals surface area contributed by atoms with Crippen LogP contribution in [0.5, 0.6) is 0 Å². The molecule has 8 nitrogen and oxygen atoms in total. The van der Waals surface area contributed by atoms with Crippen molar-refractivity contribution in [2.45, 2.75) is 46.1 Å². The Hall–Kier alpha value is -3.68. The first-order valence-corrected chi connectivity index (χ1v) is 11.7. The normalized spacial score (nSPS) is 17.5. The molecule has 0 unspecified atom stereocenters. The molecule has 1 fully saturated rings. The van der Waals surface area contributed by atoms with Crippen LogP contribution in [0.4, 0.5) is 10.5 Å². The molecule has 1 atom stereocenters. The molecular formula is C26H32N4O4. The topological polar surface area (TPSA) is 98.8 Å². The van der Waals surface area contributed by atoms with E-state index in [9.17, 15) is 19.2 Å². The molecule has 8 heteroatoms. The zero-order valence-electron chi connectivity index (χ0n) is 20.2. The molecule has 1 heterocycles. The molecule has 2 aromatic carbocycles. The number of aryl methyl sites for hydroxylation is 1. The van der Waals surface area contributed by atoms with Crippen molar-refractivity contribution >= 4 is 29.4 Å². The molecule has 0 saturated carbocycles. The first-order valence-electron chi connectivity index (χ1n) is 11.7. The van der Waals surface area contributed by atoms with Gasteiger partial charge in [0.15, 0.2) is 0 Å². The molecule has 3 rings (SSSR count). The van der Waals surface area contributed by atoms with E-state index in [1.165, 1.54) is 0 Å². The van der Waals surface area contributed by atoms with Crippen molar-refractivity contribution in [3.63, 3.8) is 0 Å². The molecule has 2 N–H and O–H groups in total. The fraction of sp³-hybridized carbons (Fsp3) is 0.385. The summed E-state index contributed by atoms with van der Waals surface area (Å²) in [7, 11) is 0. The number of nitrogens with one attached hydrogen (secondary N) is 2. The van der Waals surface area contributed by atoms with Crippen LogP contribution in [-0.4, -0.2) is 53.2 Å². The first-order chi connectivity index (χ1) is 16.2. The Labute approximate surface area is 200 Å². The zero-order valence-corrected chi connectivity index (χ0v) is 20.2. The third-order valence-corrected chi connectivity index (χ3v) is 6.11. The number of nitrogens with zero attached hydrogens (tertiary/aromatic N) is 2. The summed E-state index contributed by atoms with van der Waals surface area (Å²) >= 11 is 0. The van der Waals surface area contributed by atoms with Crippen LogP contribution in [0.15, 0.2) is 48.5 Å². The van der Waals surface area contributed by atoms with Crippen LogP contribution >= 0.6 is 0 Å². The van der Waals surface area contributed by atoms with Crippen molar-refractivity contribution < 1.29 is 19.2 Å². The lowest BCUT2D eigenvalue weighted by molar-refractivity contribution is -0.133. The van der Waals surface area contributed by atoms with E-state index in [4.69, 9.17) is 0 Å². The predicted octanol–water partition coefficient (Wildman–Crippen LogP) is 3.53. The maximum Gasteiger partial charge on any atom is 0.325 e. The fourth-order valence-electron chi connectivity index (χ4n) is 4.06. The summed E-state index contributed by atoms with van der Waals surface area (Å²) in [5, 5.41) is 5.41. The van der Waals surface area contributed by atoms with Crippen molar-refractivity contribution in [3.05, 3.63) is 65.2 Å². The van der Waals surface area contributed by atoms with Gasteiger partial charge in [0.05, 0.1) is 0 Å². The maximum absolute atomic E-state index is 13.1. The number of amides is 5. The van der Waals surface area contributed by atoms with E-state index in [0.717, 1.165) is 23.3 Å². The Morgan fingerprint density at radius 1 is 0.971 bits per heavy atom. The average molecular weight is 465 g/mol. The molecule has 0 radical (unpaired) electrons. The minimum absolute atomic E-state index is 0.0794. The molecule has 1 aliphatic rings. The van der Waals surface area contributed by atoms with E-state index in [-0.39, 0.29) is 5.91 Å². The van der Waals surface area contributed by atoms with Crippen LogP contribution < -0.4 is 10.6 Å². The van der Waals surface area contributed by atoms with E-state index in [0.29, 0.717) is 29.9 Å². The van der Waals surface area contributed by atoms with Crippen LogP contribution in [0, 0.1) is 0 Å². The summed E-state index contributed by atoms with van der Waals surface area (Å²) < 4.78 is 0. The summed E-state index contributed by atoms with van der Waals surface area (Å²) in [5.41, 5.74) is 1.60. The maximum atomic E-state index is 13.1. The van der Waals surface area contributed by atoms with E-state index in [1.54, 1.807) is 36.1 Å². The number of rotatable bonds is 9. The first kappa shape index (κ1) is 25.0. The second-order valence-corrected chi connectivity index (χ2v) is 8.50. The largest absolute Gasteiger partial charge is 0.339 e. The third kappa shape index (κ3) is 5.11. The van der Waals surface area contributed by atoms with Crippen molar-refractivity contribution in [1.82, 2.24) is 15.1 Å². The van der Waals surface area contributed by atoms with Crippen LogP contribution in [0.25, 0.3) is 0 Å². The lowest BCUT2D eigenvalue weighted by Gasteiger charge is -2.22. The Morgan fingerprint density at radius 3 is 2.15 bits per heavy atom. The summed E-state index contributed by atoms with van der Waals surface area (Å²) in [6.45, 7) is 8.39.